The van der Waals surface area contributed by atoms with E-state index in [9.17, 15) is 9.59 Å². The van der Waals surface area contributed by atoms with Crippen LogP contribution >= 0.6 is 0 Å². The van der Waals surface area contributed by atoms with Crippen LogP contribution < -0.4 is 15.8 Å². The lowest BCUT2D eigenvalue weighted by Gasteiger charge is -2.20. The van der Waals surface area contributed by atoms with Crippen LogP contribution in [0.2, 0.25) is 0 Å². The molecule has 0 unspecified atom stereocenters. The Hall–Kier alpha value is -4.09. The third kappa shape index (κ3) is 3.73. The van der Waals surface area contributed by atoms with Gasteiger partial charge in [0.1, 0.15) is 6.04 Å². The second-order valence-corrected chi connectivity index (χ2v) is 8.24. The molecule has 4 aromatic heterocycles. The third-order valence-electron chi connectivity index (χ3n) is 6.00. The van der Waals surface area contributed by atoms with Crippen LogP contribution in [-0.2, 0) is 11.8 Å². The lowest BCUT2D eigenvalue weighted by molar-refractivity contribution is -0.118. The third-order valence-corrected chi connectivity index (χ3v) is 6.00. The topological polar surface area (TPSA) is 140 Å². The van der Waals surface area contributed by atoms with E-state index in [0.717, 1.165) is 19.4 Å². The van der Waals surface area contributed by atoms with Gasteiger partial charge < -0.3 is 14.8 Å². The smallest absolute Gasteiger partial charge is 0.292 e. The van der Waals surface area contributed by atoms with Gasteiger partial charge in [-0.1, -0.05) is 0 Å². The van der Waals surface area contributed by atoms with Crippen molar-refractivity contribution >= 4 is 28.8 Å². The number of fused-ring (bicyclic) bond motifs is 1. The predicted octanol–water partition coefficient (Wildman–Crippen LogP) is 1.50. The highest BCUT2D eigenvalue weighted by Crippen LogP contribution is 2.23. The number of aromatic amines is 1. The summed E-state index contributed by atoms with van der Waals surface area (Å²) in [6.45, 7) is 4.82. The largest absolute Gasteiger partial charge is 0.338 e. The van der Waals surface area contributed by atoms with Crippen molar-refractivity contribution < 1.29 is 4.79 Å². The van der Waals surface area contributed by atoms with E-state index in [-0.39, 0.29) is 11.5 Å². The lowest BCUT2D eigenvalue weighted by Crippen LogP contribution is -2.28. The van der Waals surface area contributed by atoms with Crippen LogP contribution in [-0.4, -0.2) is 57.8 Å². The normalized spacial score (nSPS) is 16.9. The van der Waals surface area contributed by atoms with Gasteiger partial charge in [-0.15, -0.1) is 0 Å². The fraction of sp³-hybridized carbons (Fsp3) is 0.381. The summed E-state index contributed by atoms with van der Waals surface area (Å²) in [5.74, 6) is 0.649. The van der Waals surface area contributed by atoms with Gasteiger partial charge in [-0.05, 0) is 26.7 Å². The number of imidazole rings is 1. The number of H-pyrrole nitrogens is 1. The van der Waals surface area contributed by atoms with Crippen molar-refractivity contribution in [3.05, 3.63) is 41.5 Å². The summed E-state index contributed by atoms with van der Waals surface area (Å²) >= 11 is 0. The van der Waals surface area contributed by atoms with Crippen LogP contribution in [0, 0.1) is 0 Å². The van der Waals surface area contributed by atoms with Gasteiger partial charge in [0.05, 0.1) is 24.4 Å². The van der Waals surface area contributed by atoms with E-state index in [2.05, 4.69) is 47.2 Å². The number of carbonyl (C=O) groups is 1. The molecular formula is C21H24N10O2. The number of hydrogen-bond acceptors (Lipinski definition) is 8. The molecule has 1 aliphatic rings. The molecule has 0 saturated carbocycles. The minimum absolute atomic E-state index is 0.254. The summed E-state index contributed by atoms with van der Waals surface area (Å²) in [6.07, 6.45) is 10.2. The van der Waals surface area contributed by atoms with Gasteiger partial charge in [-0.25, -0.2) is 19.9 Å². The van der Waals surface area contributed by atoms with Crippen molar-refractivity contribution in [3.8, 4) is 11.3 Å². The highest BCUT2D eigenvalue weighted by Gasteiger charge is 2.23. The molecule has 1 aliphatic heterocycles. The fourth-order valence-electron chi connectivity index (χ4n) is 4.07. The Morgan fingerprint density at radius 1 is 1.21 bits per heavy atom. The molecule has 0 aliphatic carbocycles. The predicted molar refractivity (Wildman–Crippen MR) is 122 cm³/mol. The van der Waals surface area contributed by atoms with Crippen LogP contribution in [0.25, 0.3) is 22.4 Å². The van der Waals surface area contributed by atoms with Gasteiger partial charge in [0.25, 0.3) is 5.56 Å². The highest BCUT2D eigenvalue weighted by molar-refractivity contribution is 5.93. The number of aryl methyl sites for hydroxylation is 1. The molecule has 0 spiro atoms. The van der Waals surface area contributed by atoms with E-state index in [1.54, 1.807) is 32.6 Å². The zero-order chi connectivity index (χ0) is 23.1. The molecule has 1 saturated heterocycles. The number of rotatable bonds is 5. The first-order valence-electron chi connectivity index (χ1n) is 10.8. The standard InChI is InChI=1S/C21H24N10O2/c1-12-5-4-6-30(12)21-23-7-14(8-24-21)15-9-22-10-16(26-15)27-19(32)13(2)31-11-25-18-17(31)20(33)29(3)28-18/h7-13,28H,4-6H2,1-3H3,(H,26,27,32)/t12-,13+/m1/s1. The zero-order valence-corrected chi connectivity index (χ0v) is 18.6. The quantitative estimate of drug-likeness (QED) is 0.468. The Balaban J connectivity index is 1.34. The van der Waals surface area contributed by atoms with E-state index in [1.807, 2.05) is 0 Å². The van der Waals surface area contributed by atoms with Crippen molar-refractivity contribution in [2.75, 3.05) is 16.8 Å². The van der Waals surface area contributed by atoms with Crippen LogP contribution in [0.1, 0.15) is 32.7 Å². The molecule has 170 valence electrons. The maximum atomic E-state index is 12.9. The number of carbonyl (C=O) groups excluding carboxylic acids is 1. The molecular weight excluding hydrogens is 424 g/mol. The minimum atomic E-state index is -0.686. The molecule has 4 aromatic rings. The molecule has 0 radical (unpaired) electrons. The maximum Gasteiger partial charge on any atom is 0.292 e. The van der Waals surface area contributed by atoms with Crippen molar-refractivity contribution in [1.29, 1.82) is 0 Å². The zero-order valence-electron chi connectivity index (χ0n) is 18.6. The van der Waals surface area contributed by atoms with Crippen molar-refractivity contribution in [1.82, 2.24) is 39.3 Å². The van der Waals surface area contributed by atoms with Gasteiger partial charge in [0.15, 0.2) is 17.0 Å². The molecule has 2 atom stereocenters. The Morgan fingerprint density at radius 3 is 2.73 bits per heavy atom. The van der Waals surface area contributed by atoms with Gasteiger partial charge in [-0.2, -0.15) is 0 Å². The number of nitrogens with one attached hydrogen (secondary N) is 2. The summed E-state index contributed by atoms with van der Waals surface area (Å²) in [5, 5.41) is 5.61. The monoisotopic (exact) mass is 448 g/mol. The molecule has 1 amide bonds. The SMILES string of the molecule is C[C@@H]1CCCN1c1ncc(-c2cncc(NC(=O)[C@H](C)n3cnc4[nH]n(C)c(=O)c43)n2)cn1. The van der Waals surface area contributed by atoms with Gasteiger partial charge >= 0.3 is 0 Å². The highest BCUT2D eigenvalue weighted by atomic mass is 16.2. The molecule has 1 fully saturated rings. The number of aromatic nitrogens is 8. The Kier molecular flexibility index (Phi) is 5.11. The molecule has 0 bridgehead atoms. The second-order valence-electron chi connectivity index (χ2n) is 8.24. The summed E-state index contributed by atoms with van der Waals surface area (Å²) in [5.41, 5.74) is 1.76. The maximum absolute atomic E-state index is 12.9. The van der Waals surface area contributed by atoms with Gasteiger partial charge in [0, 0.05) is 37.6 Å². The van der Waals surface area contributed by atoms with Gasteiger partial charge in [-0.3, -0.25) is 24.4 Å². The average molecular weight is 448 g/mol. The second kappa shape index (κ2) is 8.11. The minimum Gasteiger partial charge on any atom is -0.338 e. The summed E-state index contributed by atoms with van der Waals surface area (Å²) in [6, 6.07) is -0.256. The first kappa shape index (κ1) is 20.8. The summed E-state index contributed by atoms with van der Waals surface area (Å²) in [7, 11) is 1.60. The number of nitrogens with zero attached hydrogens (tertiary/aromatic N) is 8. The molecule has 12 heteroatoms. The average Bonchev–Trinajstić information content (AvgIpc) is 3.51. The van der Waals surface area contributed by atoms with Crippen LogP contribution in [0.3, 0.4) is 0 Å². The van der Waals surface area contributed by atoms with E-state index in [4.69, 9.17) is 0 Å². The number of amides is 1. The van der Waals surface area contributed by atoms with E-state index in [1.165, 1.54) is 21.8 Å². The lowest BCUT2D eigenvalue weighted by atomic mass is 10.2. The Bertz CT molecular complexity index is 1370. The van der Waals surface area contributed by atoms with E-state index < -0.39 is 6.04 Å². The van der Waals surface area contributed by atoms with Crippen molar-refractivity contribution in [3.63, 3.8) is 0 Å². The van der Waals surface area contributed by atoms with Gasteiger partial charge in [0.2, 0.25) is 11.9 Å². The first-order chi connectivity index (χ1) is 15.9. The molecule has 33 heavy (non-hydrogen) atoms. The van der Waals surface area contributed by atoms with Crippen LogP contribution in [0.15, 0.2) is 35.9 Å². The fourth-order valence-corrected chi connectivity index (χ4v) is 4.07. The molecule has 0 aromatic carbocycles. The molecule has 5 heterocycles. The van der Waals surface area contributed by atoms with Crippen LogP contribution in [0.4, 0.5) is 11.8 Å². The molecule has 5 rings (SSSR count). The number of hydrogen-bond donors (Lipinski definition) is 2. The Morgan fingerprint density at radius 2 is 2.00 bits per heavy atom. The van der Waals surface area contributed by atoms with Crippen molar-refractivity contribution in [2.45, 2.75) is 38.8 Å². The molecule has 12 nitrogen and oxygen atoms in total. The first-order valence-corrected chi connectivity index (χ1v) is 10.8. The van der Waals surface area contributed by atoms with E-state index >= 15 is 0 Å². The Labute approximate surface area is 188 Å². The van der Waals surface area contributed by atoms with E-state index in [0.29, 0.717) is 40.2 Å². The molecule has 2 N–H and O–H groups in total. The van der Waals surface area contributed by atoms with Crippen LogP contribution in [0.5, 0.6) is 0 Å². The van der Waals surface area contributed by atoms with Crippen molar-refractivity contribution in [2.24, 2.45) is 7.05 Å². The summed E-state index contributed by atoms with van der Waals surface area (Å²) < 4.78 is 2.86. The summed E-state index contributed by atoms with van der Waals surface area (Å²) in [4.78, 5) is 49.2. The number of anilines is 2.